The molecule has 0 N–H and O–H groups in total. The molecule has 0 aliphatic heterocycles. The van der Waals surface area contributed by atoms with E-state index in [0.717, 1.165) is 67.0 Å². The molecular formula is C32H20N4O. The van der Waals surface area contributed by atoms with Gasteiger partial charge in [0.25, 0.3) is 0 Å². The smallest absolute Gasteiger partial charge is 0.136 e. The first kappa shape index (κ1) is 21.1. The molecule has 0 aliphatic carbocycles. The lowest BCUT2D eigenvalue weighted by Gasteiger charge is -2.10. The Kier molecular flexibility index (Phi) is 5.03. The highest BCUT2D eigenvalue weighted by molar-refractivity contribution is 6.13. The molecule has 0 fully saturated rings. The molecule has 5 aromatic heterocycles. The van der Waals surface area contributed by atoms with Gasteiger partial charge in [-0.3, -0.25) is 15.0 Å². The van der Waals surface area contributed by atoms with E-state index in [1.54, 1.807) is 18.6 Å². The third-order valence-electron chi connectivity index (χ3n) is 6.48. The molecule has 37 heavy (non-hydrogen) atoms. The van der Waals surface area contributed by atoms with Crippen LogP contribution in [0.15, 0.2) is 126 Å². The minimum Gasteiger partial charge on any atom is -0.456 e. The minimum absolute atomic E-state index is 0.798. The second-order valence-corrected chi connectivity index (χ2v) is 8.79. The van der Waals surface area contributed by atoms with Crippen molar-refractivity contribution < 1.29 is 4.42 Å². The van der Waals surface area contributed by atoms with Gasteiger partial charge in [0.05, 0.1) is 22.8 Å². The van der Waals surface area contributed by atoms with E-state index in [-0.39, 0.29) is 0 Å². The molecule has 0 amide bonds. The summed E-state index contributed by atoms with van der Waals surface area (Å²) in [6, 6.07) is 32.4. The van der Waals surface area contributed by atoms with Crippen molar-refractivity contribution in [2.45, 2.75) is 0 Å². The molecule has 0 radical (unpaired) electrons. The fourth-order valence-corrected chi connectivity index (χ4v) is 4.76. The van der Waals surface area contributed by atoms with Crippen molar-refractivity contribution >= 4 is 21.9 Å². The summed E-state index contributed by atoms with van der Waals surface area (Å²) in [4.78, 5) is 18.3. The van der Waals surface area contributed by atoms with Gasteiger partial charge >= 0.3 is 0 Å². The van der Waals surface area contributed by atoms with Crippen molar-refractivity contribution in [2.24, 2.45) is 0 Å². The van der Waals surface area contributed by atoms with E-state index in [2.05, 4.69) is 51.4 Å². The van der Waals surface area contributed by atoms with Crippen molar-refractivity contribution in [1.29, 1.82) is 0 Å². The predicted octanol–water partition coefficient (Wildman–Crippen LogP) is 7.83. The second kappa shape index (κ2) is 8.81. The van der Waals surface area contributed by atoms with E-state index in [9.17, 15) is 0 Å². The first-order chi connectivity index (χ1) is 18.3. The molecule has 0 saturated carbocycles. The van der Waals surface area contributed by atoms with Gasteiger partial charge < -0.3 is 4.42 Å². The number of furan rings is 1. The van der Waals surface area contributed by atoms with Gasteiger partial charge in [0.15, 0.2) is 0 Å². The molecule has 0 atom stereocenters. The maximum atomic E-state index is 6.24. The maximum Gasteiger partial charge on any atom is 0.136 e. The van der Waals surface area contributed by atoms with Crippen LogP contribution < -0.4 is 0 Å². The van der Waals surface area contributed by atoms with Crippen LogP contribution in [0, 0.1) is 0 Å². The molecule has 5 heteroatoms. The number of rotatable bonds is 4. The van der Waals surface area contributed by atoms with Crippen LogP contribution in [-0.2, 0) is 0 Å². The average molecular weight is 477 g/mol. The van der Waals surface area contributed by atoms with Crippen molar-refractivity contribution in [3.05, 3.63) is 122 Å². The zero-order valence-electron chi connectivity index (χ0n) is 19.7. The summed E-state index contributed by atoms with van der Waals surface area (Å²) < 4.78 is 6.24. The Morgan fingerprint density at radius 1 is 0.514 bits per heavy atom. The van der Waals surface area contributed by atoms with Gasteiger partial charge in [-0.1, -0.05) is 36.4 Å². The molecular weight excluding hydrogens is 456 g/mol. The molecule has 5 nitrogen and oxygen atoms in total. The van der Waals surface area contributed by atoms with E-state index >= 15 is 0 Å². The molecule has 2 aromatic carbocycles. The van der Waals surface area contributed by atoms with E-state index in [1.807, 2.05) is 66.9 Å². The van der Waals surface area contributed by atoms with Gasteiger partial charge in [-0.2, -0.15) is 0 Å². The Balaban J connectivity index is 1.46. The average Bonchev–Trinajstić information content (AvgIpc) is 3.36. The number of aromatic nitrogens is 4. The highest BCUT2D eigenvalue weighted by atomic mass is 16.3. The van der Waals surface area contributed by atoms with Crippen LogP contribution in [-0.4, -0.2) is 19.9 Å². The summed E-state index contributed by atoms with van der Waals surface area (Å²) in [7, 11) is 0. The Hall–Kier alpha value is -5.16. The van der Waals surface area contributed by atoms with Crippen molar-refractivity contribution in [2.75, 3.05) is 0 Å². The van der Waals surface area contributed by atoms with Gasteiger partial charge in [0, 0.05) is 41.1 Å². The fraction of sp³-hybridized carbons (Fsp3) is 0. The first-order valence-corrected chi connectivity index (χ1v) is 12.0. The number of hydrogen-bond donors (Lipinski definition) is 0. The maximum absolute atomic E-state index is 6.24. The van der Waals surface area contributed by atoms with Crippen LogP contribution >= 0.6 is 0 Å². The minimum atomic E-state index is 0.798. The van der Waals surface area contributed by atoms with E-state index < -0.39 is 0 Å². The number of benzene rings is 2. The molecule has 0 bridgehead atoms. The lowest BCUT2D eigenvalue weighted by molar-refractivity contribution is 0.669. The normalized spacial score (nSPS) is 11.2. The van der Waals surface area contributed by atoms with Crippen LogP contribution in [0.2, 0.25) is 0 Å². The Bertz CT molecular complexity index is 1810. The number of fused-ring (bicyclic) bond motifs is 3. The zero-order valence-corrected chi connectivity index (χ0v) is 19.7. The Labute approximate surface area is 213 Å². The van der Waals surface area contributed by atoms with Gasteiger partial charge in [-0.15, -0.1) is 0 Å². The summed E-state index contributed by atoms with van der Waals surface area (Å²) >= 11 is 0. The van der Waals surface area contributed by atoms with E-state index in [0.29, 0.717) is 0 Å². The van der Waals surface area contributed by atoms with Crippen LogP contribution in [0.25, 0.3) is 67.0 Å². The monoisotopic (exact) mass is 476 g/mol. The van der Waals surface area contributed by atoms with Gasteiger partial charge in [-0.05, 0) is 77.4 Å². The third kappa shape index (κ3) is 3.83. The quantitative estimate of drug-likeness (QED) is 0.259. The Morgan fingerprint density at radius 3 is 1.97 bits per heavy atom. The fourth-order valence-electron chi connectivity index (χ4n) is 4.76. The summed E-state index contributed by atoms with van der Waals surface area (Å²) in [5, 5.41) is 2.14. The summed E-state index contributed by atoms with van der Waals surface area (Å²) in [5.41, 5.74) is 9.17. The molecule has 174 valence electrons. The van der Waals surface area contributed by atoms with Crippen LogP contribution in [0.4, 0.5) is 0 Å². The lowest BCUT2D eigenvalue weighted by atomic mass is 9.97. The summed E-state index contributed by atoms with van der Waals surface area (Å²) in [6.07, 6.45) is 7.25. The highest BCUT2D eigenvalue weighted by Crippen LogP contribution is 2.39. The predicted molar refractivity (Wildman–Crippen MR) is 147 cm³/mol. The number of pyridine rings is 4. The molecule has 0 aliphatic rings. The largest absolute Gasteiger partial charge is 0.456 e. The standard InChI is InChI=1S/C32H20N4O/c1-3-15-34-26(9-1)28-18-23(19-29(36-28)27-10-2-4-16-35-27)21-12-13-30-25(17-21)32-24(8-5-11-31(32)37-30)22-7-6-14-33-20-22/h1-20H. The summed E-state index contributed by atoms with van der Waals surface area (Å²) in [5.74, 6) is 0. The molecule has 0 unspecified atom stereocenters. The van der Waals surface area contributed by atoms with Gasteiger partial charge in [-0.25, -0.2) is 4.98 Å². The lowest BCUT2D eigenvalue weighted by Crippen LogP contribution is -1.93. The Morgan fingerprint density at radius 2 is 1.30 bits per heavy atom. The highest BCUT2D eigenvalue weighted by Gasteiger charge is 2.15. The molecule has 0 spiro atoms. The van der Waals surface area contributed by atoms with Crippen LogP contribution in [0.5, 0.6) is 0 Å². The SMILES string of the molecule is c1ccc(-c2cc(-c3ccc4oc5cccc(-c6cccnc6)c5c4c3)cc(-c3ccccn3)n2)nc1. The second-order valence-electron chi connectivity index (χ2n) is 8.79. The molecule has 7 aromatic rings. The third-order valence-corrected chi connectivity index (χ3v) is 6.48. The number of hydrogen-bond acceptors (Lipinski definition) is 5. The molecule has 7 rings (SSSR count). The topological polar surface area (TPSA) is 64.7 Å². The van der Waals surface area contributed by atoms with Crippen molar-refractivity contribution in [1.82, 2.24) is 19.9 Å². The van der Waals surface area contributed by atoms with Crippen molar-refractivity contribution in [3.8, 4) is 45.0 Å². The summed E-state index contributed by atoms with van der Waals surface area (Å²) in [6.45, 7) is 0. The van der Waals surface area contributed by atoms with E-state index in [1.165, 1.54) is 0 Å². The van der Waals surface area contributed by atoms with Crippen LogP contribution in [0.1, 0.15) is 0 Å². The van der Waals surface area contributed by atoms with Crippen molar-refractivity contribution in [3.63, 3.8) is 0 Å². The van der Waals surface area contributed by atoms with E-state index in [4.69, 9.17) is 9.40 Å². The van der Waals surface area contributed by atoms with Gasteiger partial charge in [0.1, 0.15) is 11.2 Å². The zero-order chi connectivity index (χ0) is 24.6. The van der Waals surface area contributed by atoms with Crippen LogP contribution in [0.3, 0.4) is 0 Å². The number of nitrogens with zero attached hydrogens (tertiary/aromatic N) is 4. The first-order valence-electron chi connectivity index (χ1n) is 12.0. The molecule has 5 heterocycles. The molecule has 0 saturated heterocycles. The van der Waals surface area contributed by atoms with Gasteiger partial charge in [0.2, 0.25) is 0 Å².